The number of carboxylic acids is 1. The Kier molecular flexibility index (Phi) is 3.06. The highest BCUT2D eigenvalue weighted by Gasteiger charge is 2.34. The van der Waals surface area contributed by atoms with E-state index in [1.165, 1.54) is 25.7 Å². The van der Waals surface area contributed by atoms with E-state index in [0.29, 0.717) is 12.5 Å². The van der Waals surface area contributed by atoms with Gasteiger partial charge in [0.05, 0.1) is 5.92 Å². The van der Waals surface area contributed by atoms with Gasteiger partial charge in [0.15, 0.2) is 0 Å². The molecule has 80 valence electrons. The highest BCUT2D eigenvalue weighted by molar-refractivity contribution is 5.71. The summed E-state index contributed by atoms with van der Waals surface area (Å²) in [5, 5.41) is 12.2. The van der Waals surface area contributed by atoms with E-state index in [2.05, 4.69) is 5.32 Å². The highest BCUT2D eigenvalue weighted by Crippen LogP contribution is 2.33. The normalized spacial score (nSPS) is 33.7. The SMILES string of the molecule is O=C(O)C1CNCC1CC1CCCC1. The van der Waals surface area contributed by atoms with Crippen LogP contribution in [0.15, 0.2) is 0 Å². The zero-order chi connectivity index (χ0) is 9.97. The molecule has 2 fully saturated rings. The molecule has 1 saturated carbocycles. The van der Waals surface area contributed by atoms with Gasteiger partial charge in [-0.05, 0) is 24.8 Å². The van der Waals surface area contributed by atoms with Crippen LogP contribution < -0.4 is 5.32 Å². The van der Waals surface area contributed by atoms with Crippen molar-refractivity contribution in [3.05, 3.63) is 0 Å². The van der Waals surface area contributed by atoms with E-state index in [-0.39, 0.29) is 5.92 Å². The van der Waals surface area contributed by atoms with E-state index >= 15 is 0 Å². The zero-order valence-electron chi connectivity index (χ0n) is 8.54. The molecule has 0 amide bonds. The van der Waals surface area contributed by atoms with Crippen molar-refractivity contribution < 1.29 is 9.90 Å². The molecule has 2 N–H and O–H groups in total. The van der Waals surface area contributed by atoms with Gasteiger partial charge in [0.25, 0.3) is 0 Å². The first-order valence-corrected chi connectivity index (χ1v) is 5.71. The Morgan fingerprint density at radius 3 is 2.64 bits per heavy atom. The number of carboxylic acid groups (broad SMARTS) is 1. The summed E-state index contributed by atoms with van der Waals surface area (Å²) in [6.45, 7) is 1.58. The number of rotatable bonds is 3. The molecule has 1 heterocycles. The fourth-order valence-corrected chi connectivity index (χ4v) is 2.94. The molecule has 2 unspecified atom stereocenters. The van der Waals surface area contributed by atoms with Crippen LogP contribution in [-0.4, -0.2) is 24.2 Å². The Labute approximate surface area is 84.9 Å². The summed E-state index contributed by atoms with van der Waals surface area (Å²) >= 11 is 0. The Bertz CT molecular complexity index is 211. The van der Waals surface area contributed by atoms with Crippen molar-refractivity contribution in [2.75, 3.05) is 13.1 Å². The Morgan fingerprint density at radius 2 is 2.00 bits per heavy atom. The van der Waals surface area contributed by atoms with E-state index in [0.717, 1.165) is 18.9 Å². The predicted octanol–water partition coefficient (Wildman–Crippen LogP) is 1.49. The van der Waals surface area contributed by atoms with Crippen LogP contribution in [0.25, 0.3) is 0 Å². The minimum absolute atomic E-state index is 0.129. The lowest BCUT2D eigenvalue weighted by atomic mass is 9.86. The average Bonchev–Trinajstić information content (AvgIpc) is 2.75. The summed E-state index contributed by atoms with van der Waals surface area (Å²) < 4.78 is 0. The maximum atomic E-state index is 10.9. The quantitative estimate of drug-likeness (QED) is 0.720. The maximum absolute atomic E-state index is 10.9. The first-order chi connectivity index (χ1) is 6.77. The van der Waals surface area contributed by atoms with Gasteiger partial charge < -0.3 is 10.4 Å². The van der Waals surface area contributed by atoms with Gasteiger partial charge in [0.1, 0.15) is 0 Å². The van der Waals surface area contributed by atoms with Crippen LogP contribution >= 0.6 is 0 Å². The van der Waals surface area contributed by atoms with Crippen LogP contribution in [0.1, 0.15) is 32.1 Å². The molecule has 0 aromatic carbocycles. The molecule has 0 aromatic heterocycles. The van der Waals surface area contributed by atoms with Gasteiger partial charge in [0.2, 0.25) is 0 Å². The van der Waals surface area contributed by atoms with Crippen molar-refractivity contribution in [2.24, 2.45) is 17.8 Å². The number of nitrogens with one attached hydrogen (secondary N) is 1. The summed E-state index contributed by atoms with van der Waals surface area (Å²) in [5.41, 5.74) is 0. The molecule has 1 aliphatic carbocycles. The molecule has 2 atom stereocenters. The molecule has 0 spiro atoms. The van der Waals surface area contributed by atoms with Crippen LogP contribution in [0, 0.1) is 17.8 Å². The Morgan fingerprint density at radius 1 is 1.29 bits per heavy atom. The van der Waals surface area contributed by atoms with Gasteiger partial charge in [-0.1, -0.05) is 25.7 Å². The number of hydrogen-bond acceptors (Lipinski definition) is 2. The van der Waals surface area contributed by atoms with Crippen molar-refractivity contribution in [3.63, 3.8) is 0 Å². The van der Waals surface area contributed by atoms with E-state index in [9.17, 15) is 4.79 Å². The molecule has 2 rings (SSSR count). The zero-order valence-corrected chi connectivity index (χ0v) is 8.54. The summed E-state index contributed by atoms with van der Waals surface area (Å²) in [6, 6.07) is 0. The lowest BCUT2D eigenvalue weighted by Crippen LogP contribution is -2.23. The standard InChI is InChI=1S/C11H19NO2/c13-11(14)10-7-12-6-9(10)5-8-3-1-2-4-8/h8-10,12H,1-7H2,(H,13,14). The van der Waals surface area contributed by atoms with Gasteiger partial charge >= 0.3 is 5.97 Å². The summed E-state index contributed by atoms with van der Waals surface area (Å²) in [5.74, 6) is 0.450. The molecule has 1 aliphatic heterocycles. The number of carbonyl (C=O) groups is 1. The fourth-order valence-electron chi connectivity index (χ4n) is 2.94. The molecule has 3 nitrogen and oxygen atoms in total. The average molecular weight is 197 g/mol. The highest BCUT2D eigenvalue weighted by atomic mass is 16.4. The molecule has 0 bridgehead atoms. The molecule has 2 aliphatic rings. The largest absolute Gasteiger partial charge is 0.481 e. The van der Waals surface area contributed by atoms with Crippen LogP contribution in [0.2, 0.25) is 0 Å². The molecular formula is C11H19NO2. The van der Waals surface area contributed by atoms with Gasteiger partial charge in [-0.2, -0.15) is 0 Å². The monoisotopic (exact) mass is 197 g/mol. The minimum atomic E-state index is -0.613. The summed E-state index contributed by atoms with van der Waals surface area (Å²) in [6.07, 6.45) is 6.47. The second-order valence-electron chi connectivity index (χ2n) is 4.75. The number of aliphatic carboxylic acids is 1. The third-order valence-electron chi connectivity index (χ3n) is 3.77. The number of hydrogen-bond donors (Lipinski definition) is 2. The summed E-state index contributed by atoms with van der Waals surface area (Å²) in [4.78, 5) is 10.9. The maximum Gasteiger partial charge on any atom is 0.308 e. The van der Waals surface area contributed by atoms with Crippen LogP contribution in [0.3, 0.4) is 0 Å². The van der Waals surface area contributed by atoms with E-state index in [4.69, 9.17) is 5.11 Å². The Balaban J connectivity index is 1.86. The second-order valence-corrected chi connectivity index (χ2v) is 4.75. The van der Waals surface area contributed by atoms with Crippen LogP contribution in [0.5, 0.6) is 0 Å². The smallest absolute Gasteiger partial charge is 0.308 e. The molecule has 0 aromatic rings. The van der Waals surface area contributed by atoms with Crippen LogP contribution in [-0.2, 0) is 4.79 Å². The first-order valence-electron chi connectivity index (χ1n) is 5.71. The van der Waals surface area contributed by atoms with E-state index in [1.807, 2.05) is 0 Å². The van der Waals surface area contributed by atoms with E-state index < -0.39 is 5.97 Å². The van der Waals surface area contributed by atoms with Crippen LogP contribution in [0.4, 0.5) is 0 Å². The fraction of sp³-hybridized carbons (Fsp3) is 0.909. The topological polar surface area (TPSA) is 49.3 Å². The van der Waals surface area contributed by atoms with Gasteiger partial charge in [-0.3, -0.25) is 4.79 Å². The van der Waals surface area contributed by atoms with Crippen molar-refractivity contribution >= 4 is 5.97 Å². The molecular weight excluding hydrogens is 178 g/mol. The predicted molar refractivity (Wildman–Crippen MR) is 54.1 cm³/mol. The lowest BCUT2D eigenvalue weighted by Gasteiger charge is -2.18. The van der Waals surface area contributed by atoms with Crippen molar-refractivity contribution in [1.29, 1.82) is 0 Å². The molecule has 3 heteroatoms. The summed E-state index contributed by atoms with van der Waals surface area (Å²) in [7, 11) is 0. The third kappa shape index (κ3) is 2.08. The molecule has 14 heavy (non-hydrogen) atoms. The van der Waals surface area contributed by atoms with Gasteiger partial charge in [0, 0.05) is 6.54 Å². The lowest BCUT2D eigenvalue weighted by molar-refractivity contribution is -0.142. The molecule has 1 saturated heterocycles. The van der Waals surface area contributed by atoms with E-state index in [1.54, 1.807) is 0 Å². The van der Waals surface area contributed by atoms with Crippen molar-refractivity contribution in [1.82, 2.24) is 5.32 Å². The first kappa shape index (κ1) is 9.97. The minimum Gasteiger partial charge on any atom is -0.481 e. The second kappa shape index (κ2) is 4.30. The van der Waals surface area contributed by atoms with Gasteiger partial charge in [-0.25, -0.2) is 0 Å². The third-order valence-corrected chi connectivity index (χ3v) is 3.77. The Hall–Kier alpha value is -0.570. The van der Waals surface area contributed by atoms with Crippen molar-refractivity contribution in [3.8, 4) is 0 Å². The van der Waals surface area contributed by atoms with Crippen molar-refractivity contribution in [2.45, 2.75) is 32.1 Å². The van der Waals surface area contributed by atoms with Gasteiger partial charge in [-0.15, -0.1) is 0 Å². The molecule has 0 radical (unpaired) electrons.